The molecule has 2 nitrogen and oxygen atoms in total. The molecule has 0 radical (unpaired) electrons. The van der Waals surface area contributed by atoms with E-state index in [1.807, 2.05) is 11.3 Å². The van der Waals surface area contributed by atoms with Crippen LogP contribution in [0.15, 0.2) is 17.5 Å². The molecule has 1 N–H and O–H groups in total. The molecular weight excluding hydrogens is 216 g/mol. The summed E-state index contributed by atoms with van der Waals surface area (Å²) >= 11 is 1.88. The van der Waals surface area contributed by atoms with E-state index in [-0.39, 0.29) is 0 Å². The second-order valence-corrected chi connectivity index (χ2v) is 5.91. The van der Waals surface area contributed by atoms with Crippen molar-refractivity contribution >= 4 is 11.3 Å². The van der Waals surface area contributed by atoms with Gasteiger partial charge in [-0.2, -0.15) is 0 Å². The second kappa shape index (κ2) is 5.80. The van der Waals surface area contributed by atoms with Crippen LogP contribution in [0.1, 0.15) is 18.7 Å². The van der Waals surface area contributed by atoms with Gasteiger partial charge in [0.2, 0.25) is 0 Å². The van der Waals surface area contributed by atoms with Crippen molar-refractivity contribution in [2.24, 2.45) is 5.92 Å². The van der Waals surface area contributed by atoms with E-state index in [0.717, 1.165) is 19.0 Å². The van der Waals surface area contributed by atoms with Crippen LogP contribution < -0.4 is 5.32 Å². The lowest BCUT2D eigenvalue weighted by Crippen LogP contribution is -2.53. The molecule has 2 rings (SSSR count). The molecule has 1 saturated heterocycles. The molecule has 2 heterocycles. The lowest BCUT2D eigenvalue weighted by Gasteiger charge is -2.38. The number of rotatable bonds is 4. The van der Waals surface area contributed by atoms with Gasteiger partial charge in [0.1, 0.15) is 0 Å². The molecule has 3 heteroatoms. The van der Waals surface area contributed by atoms with E-state index in [0.29, 0.717) is 6.04 Å². The van der Waals surface area contributed by atoms with Crippen LogP contribution in [0.4, 0.5) is 0 Å². The predicted octanol–water partition coefficient (Wildman–Crippen LogP) is 2.22. The SMILES string of the molecule is CC(C)C1CNCCN1CCc1cccs1. The van der Waals surface area contributed by atoms with Gasteiger partial charge in [0.05, 0.1) is 0 Å². The first-order chi connectivity index (χ1) is 7.77. The van der Waals surface area contributed by atoms with Crippen molar-refractivity contribution in [3.63, 3.8) is 0 Å². The van der Waals surface area contributed by atoms with Gasteiger partial charge in [-0.25, -0.2) is 0 Å². The molecule has 1 aromatic heterocycles. The third kappa shape index (κ3) is 3.06. The lowest BCUT2D eigenvalue weighted by molar-refractivity contribution is 0.126. The smallest absolute Gasteiger partial charge is 0.0244 e. The largest absolute Gasteiger partial charge is 0.314 e. The Kier molecular flexibility index (Phi) is 4.38. The third-order valence-corrected chi connectivity index (χ3v) is 4.33. The monoisotopic (exact) mass is 238 g/mol. The summed E-state index contributed by atoms with van der Waals surface area (Å²) in [6, 6.07) is 5.11. The van der Waals surface area contributed by atoms with Crippen molar-refractivity contribution in [3.8, 4) is 0 Å². The first kappa shape index (κ1) is 12.1. The average molecular weight is 238 g/mol. The fourth-order valence-corrected chi connectivity index (χ4v) is 3.11. The fraction of sp³-hybridized carbons (Fsp3) is 0.692. The highest BCUT2D eigenvalue weighted by molar-refractivity contribution is 7.09. The molecule has 0 aromatic carbocycles. The van der Waals surface area contributed by atoms with Crippen LogP contribution in [0, 0.1) is 5.92 Å². The summed E-state index contributed by atoms with van der Waals surface area (Å²) in [5, 5.41) is 5.67. The molecule has 1 unspecified atom stereocenters. The minimum Gasteiger partial charge on any atom is -0.314 e. The number of nitrogens with one attached hydrogen (secondary N) is 1. The molecular formula is C13H22N2S. The molecule has 0 bridgehead atoms. The number of thiophene rings is 1. The van der Waals surface area contributed by atoms with Gasteiger partial charge in [0, 0.05) is 37.1 Å². The van der Waals surface area contributed by atoms with Gasteiger partial charge in [-0.1, -0.05) is 19.9 Å². The van der Waals surface area contributed by atoms with Gasteiger partial charge in [0.15, 0.2) is 0 Å². The van der Waals surface area contributed by atoms with Gasteiger partial charge in [0.25, 0.3) is 0 Å². The number of piperazine rings is 1. The normalized spacial score (nSPS) is 22.8. The van der Waals surface area contributed by atoms with Crippen molar-refractivity contribution < 1.29 is 0 Å². The lowest BCUT2D eigenvalue weighted by atomic mass is 10.0. The van der Waals surface area contributed by atoms with Crippen molar-refractivity contribution in [1.29, 1.82) is 0 Å². The van der Waals surface area contributed by atoms with Crippen LogP contribution in [0.3, 0.4) is 0 Å². The number of nitrogens with zero attached hydrogens (tertiary/aromatic N) is 1. The molecule has 1 fully saturated rings. The summed E-state index contributed by atoms with van der Waals surface area (Å²) in [7, 11) is 0. The molecule has 1 aliphatic rings. The summed E-state index contributed by atoms with van der Waals surface area (Å²) in [5.74, 6) is 0.746. The van der Waals surface area contributed by atoms with Crippen molar-refractivity contribution in [3.05, 3.63) is 22.4 Å². The molecule has 1 aliphatic heterocycles. The molecule has 16 heavy (non-hydrogen) atoms. The van der Waals surface area contributed by atoms with E-state index >= 15 is 0 Å². The van der Waals surface area contributed by atoms with Crippen molar-refractivity contribution in [2.75, 3.05) is 26.2 Å². The maximum Gasteiger partial charge on any atom is 0.0244 e. The Balaban J connectivity index is 1.86. The topological polar surface area (TPSA) is 15.3 Å². The summed E-state index contributed by atoms with van der Waals surface area (Å²) in [6.07, 6.45) is 1.21. The van der Waals surface area contributed by atoms with E-state index in [9.17, 15) is 0 Å². The fourth-order valence-electron chi connectivity index (χ4n) is 2.41. The van der Waals surface area contributed by atoms with E-state index in [1.165, 1.54) is 24.4 Å². The molecule has 1 atom stereocenters. The van der Waals surface area contributed by atoms with Gasteiger partial charge in [-0.3, -0.25) is 4.90 Å². The molecule has 1 aromatic rings. The van der Waals surface area contributed by atoms with E-state index in [1.54, 1.807) is 0 Å². The maximum absolute atomic E-state index is 3.50. The van der Waals surface area contributed by atoms with Gasteiger partial charge in [-0.05, 0) is 23.8 Å². The van der Waals surface area contributed by atoms with Crippen LogP contribution >= 0.6 is 11.3 Å². The Morgan fingerprint density at radius 3 is 3.12 bits per heavy atom. The molecule has 0 saturated carbocycles. The Labute approximate surface area is 103 Å². The molecule has 0 spiro atoms. The summed E-state index contributed by atoms with van der Waals surface area (Å²) in [4.78, 5) is 4.17. The Bertz CT molecular complexity index is 295. The predicted molar refractivity (Wildman–Crippen MR) is 71.1 cm³/mol. The first-order valence-electron chi connectivity index (χ1n) is 6.24. The summed E-state index contributed by atoms with van der Waals surface area (Å²) in [5.41, 5.74) is 0. The minimum atomic E-state index is 0.716. The molecule has 0 amide bonds. The van der Waals surface area contributed by atoms with E-state index < -0.39 is 0 Å². The highest BCUT2D eigenvalue weighted by Crippen LogP contribution is 2.15. The van der Waals surface area contributed by atoms with Crippen LogP contribution in [0.25, 0.3) is 0 Å². The van der Waals surface area contributed by atoms with E-state index in [4.69, 9.17) is 0 Å². The quantitative estimate of drug-likeness (QED) is 0.865. The van der Waals surface area contributed by atoms with Crippen LogP contribution in [-0.4, -0.2) is 37.1 Å². The number of hydrogen-bond donors (Lipinski definition) is 1. The summed E-state index contributed by atoms with van der Waals surface area (Å²) in [6.45, 7) is 9.38. The zero-order valence-corrected chi connectivity index (χ0v) is 11.1. The Morgan fingerprint density at radius 2 is 2.44 bits per heavy atom. The van der Waals surface area contributed by atoms with Crippen LogP contribution in [0.2, 0.25) is 0 Å². The minimum absolute atomic E-state index is 0.716. The standard InChI is InChI=1S/C13H22N2S/c1-11(2)13-10-14-6-8-15(13)7-5-12-4-3-9-16-12/h3-4,9,11,13-14H,5-8,10H2,1-2H3. The Morgan fingerprint density at radius 1 is 1.56 bits per heavy atom. The average Bonchev–Trinajstić information content (AvgIpc) is 2.79. The summed E-state index contributed by atoms with van der Waals surface area (Å²) < 4.78 is 0. The zero-order valence-electron chi connectivity index (χ0n) is 10.3. The highest BCUT2D eigenvalue weighted by atomic mass is 32.1. The molecule has 90 valence electrons. The third-order valence-electron chi connectivity index (χ3n) is 3.39. The Hall–Kier alpha value is -0.380. The molecule has 0 aliphatic carbocycles. The van der Waals surface area contributed by atoms with Gasteiger partial charge >= 0.3 is 0 Å². The van der Waals surface area contributed by atoms with E-state index in [2.05, 4.69) is 41.6 Å². The maximum atomic E-state index is 3.50. The van der Waals surface area contributed by atoms with Crippen LogP contribution in [0.5, 0.6) is 0 Å². The van der Waals surface area contributed by atoms with Crippen molar-refractivity contribution in [1.82, 2.24) is 10.2 Å². The van der Waals surface area contributed by atoms with Crippen LogP contribution in [-0.2, 0) is 6.42 Å². The van der Waals surface area contributed by atoms with Gasteiger partial charge < -0.3 is 5.32 Å². The number of hydrogen-bond acceptors (Lipinski definition) is 3. The van der Waals surface area contributed by atoms with Gasteiger partial charge in [-0.15, -0.1) is 11.3 Å². The first-order valence-corrected chi connectivity index (χ1v) is 7.12. The highest BCUT2D eigenvalue weighted by Gasteiger charge is 2.24. The van der Waals surface area contributed by atoms with Crippen molar-refractivity contribution in [2.45, 2.75) is 26.3 Å². The second-order valence-electron chi connectivity index (χ2n) is 4.88. The zero-order chi connectivity index (χ0) is 11.4.